The first-order chi connectivity index (χ1) is 9.63. The summed E-state index contributed by atoms with van der Waals surface area (Å²) in [7, 11) is 0. The Morgan fingerprint density at radius 2 is 2.05 bits per heavy atom. The molecule has 1 aromatic heterocycles. The van der Waals surface area contributed by atoms with Gasteiger partial charge in [-0.3, -0.25) is 0 Å². The van der Waals surface area contributed by atoms with Crippen LogP contribution in [0.25, 0.3) is 11.1 Å². The van der Waals surface area contributed by atoms with Gasteiger partial charge in [-0.1, -0.05) is 18.2 Å². The lowest BCUT2D eigenvalue weighted by molar-refractivity contribution is 0.198. The molecule has 20 heavy (non-hydrogen) atoms. The van der Waals surface area contributed by atoms with Gasteiger partial charge in [-0.15, -0.1) is 0 Å². The van der Waals surface area contributed by atoms with Gasteiger partial charge in [0.2, 0.25) is 0 Å². The second-order valence-corrected chi connectivity index (χ2v) is 5.41. The van der Waals surface area contributed by atoms with Crippen molar-refractivity contribution < 1.29 is 13.9 Å². The lowest BCUT2D eigenvalue weighted by Gasteiger charge is -2.06. The van der Waals surface area contributed by atoms with Crippen LogP contribution in [0.3, 0.4) is 0 Å². The third-order valence-corrected chi connectivity index (χ3v) is 3.81. The minimum absolute atomic E-state index is 0.393. The number of rotatable bonds is 3. The van der Waals surface area contributed by atoms with Gasteiger partial charge >= 0.3 is 0 Å². The van der Waals surface area contributed by atoms with Crippen molar-refractivity contribution in [1.82, 2.24) is 4.98 Å². The van der Waals surface area contributed by atoms with E-state index >= 15 is 0 Å². The molecule has 3 aromatic rings. The Kier molecular flexibility index (Phi) is 3.46. The lowest BCUT2D eigenvalue weighted by atomic mass is 10.1. The minimum Gasteiger partial charge on any atom is -0.431 e. The van der Waals surface area contributed by atoms with Crippen molar-refractivity contribution in [2.45, 2.75) is 23.1 Å². The van der Waals surface area contributed by atoms with Gasteiger partial charge in [0, 0.05) is 0 Å². The Bertz CT molecular complexity index is 721. The van der Waals surface area contributed by atoms with E-state index < -0.39 is 11.9 Å². The number of hydrogen-bond donors (Lipinski definition) is 1. The van der Waals surface area contributed by atoms with E-state index in [1.165, 1.54) is 6.07 Å². The van der Waals surface area contributed by atoms with Crippen LogP contribution in [0.2, 0.25) is 0 Å². The summed E-state index contributed by atoms with van der Waals surface area (Å²) in [5.41, 5.74) is 1.97. The van der Waals surface area contributed by atoms with E-state index in [1.54, 1.807) is 19.1 Å². The van der Waals surface area contributed by atoms with Crippen molar-refractivity contribution in [2.24, 2.45) is 0 Å². The van der Waals surface area contributed by atoms with E-state index in [0.717, 1.165) is 17.3 Å². The molecule has 0 radical (unpaired) electrons. The molecule has 0 amide bonds. The fourth-order valence-corrected chi connectivity index (χ4v) is 2.60. The third kappa shape index (κ3) is 2.55. The first-order valence-corrected chi connectivity index (χ1v) is 6.96. The van der Waals surface area contributed by atoms with E-state index in [1.807, 2.05) is 24.3 Å². The molecule has 3 rings (SSSR count). The number of halogens is 1. The maximum atomic E-state index is 14.0. The zero-order valence-corrected chi connectivity index (χ0v) is 11.5. The number of aliphatic hydroxyl groups is 1. The van der Waals surface area contributed by atoms with Crippen LogP contribution in [-0.2, 0) is 0 Å². The van der Waals surface area contributed by atoms with Gasteiger partial charge in [-0.2, -0.15) is 0 Å². The molecule has 1 unspecified atom stereocenters. The molecule has 0 bridgehead atoms. The van der Waals surface area contributed by atoms with Crippen molar-refractivity contribution >= 4 is 22.9 Å². The van der Waals surface area contributed by atoms with Crippen LogP contribution in [0.15, 0.2) is 57.0 Å². The predicted molar refractivity (Wildman–Crippen MR) is 75.2 cm³/mol. The monoisotopic (exact) mass is 289 g/mol. The smallest absolute Gasteiger partial charge is 0.261 e. The van der Waals surface area contributed by atoms with Gasteiger partial charge < -0.3 is 9.52 Å². The summed E-state index contributed by atoms with van der Waals surface area (Å²) < 4.78 is 19.5. The second kappa shape index (κ2) is 5.26. The Hall–Kier alpha value is -1.85. The summed E-state index contributed by atoms with van der Waals surface area (Å²) in [4.78, 5) is 4.70. The molecular weight excluding hydrogens is 277 g/mol. The maximum Gasteiger partial charge on any atom is 0.261 e. The van der Waals surface area contributed by atoms with Crippen LogP contribution < -0.4 is 0 Å². The number of aromatic nitrogens is 1. The molecule has 0 saturated heterocycles. The Labute approximate surface area is 119 Å². The fourth-order valence-electron chi connectivity index (χ4n) is 1.85. The lowest BCUT2D eigenvalue weighted by Crippen LogP contribution is -1.92. The minimum atomic E-state index is -0.687. The van der Waals surface area contributed by atoms with E-state index in [2.05, 4.69) is 4.98 Å². The van der Waals surface area contributed by atoms with E-state index in [9.17, 15) is 9.50 Å². The van der Waals surface area contributed by atoms with E-state index in [0.29, 0.717) is 21.3 Å². The summed E-state index contributed by atoms with van der Waals surface area (Å²) in [5, 5.41) is 9.82. The van der Waals surface area contributed by atoms with E-state index in [-0.39, 0.29) is 0 Å². The van der Waals surface area contributed by atoms with Crippen molar-refractivity contribution in [3.63, 3.8) is 0 Å². The highest BCUT2D eigenvalue weighted by Crippen LogP contribution is 2.32. The van der Waals surface area contributed by atoms with Crippen LogP contribution >= 0.6 is 11.8 Å². The third-order valence-electron chi connectivity index (χ3n) is 2.91. The number of fused-ring (bicyclic) bond motifs is 1. The van der Waals surface area contributed by atoms with Gasteiger partial charge in [0.1, 0.15) is 11.3 Å². The van der Waals surface area contributed by atoms with Gasteiger partial charge in [0.25, 0.3) is 5.22 Å². The molecule has 0 spiro atoms. The molecule has 1 N–H and O–H groups in total. The average molecular weight is 289 g/mol. The van der Waals surface area contributed by atoms with Crippen LogP contribution in [0, 0.1) is 5.82 Å². The molecule has 5 heteroatoms. The number of benzene rings is 2. The van der Waals surface area contributed by atoms with Crippen LogP contribution in [0.4, 0.5) is 4.39 Å². The standard InChI is InChI=1S/C15H12FNO2S/c1-9(18)10-6-7-14(11(16)8-10)20-15-17-12-4-2-3-5-13(12)19-15/h2-9,18H,1H3. The van der Waals surface area contributed by atoms with Crippen molar-refractivity contribution in [3.05, 3.63) is 53.8 Å². The van der Waals surface area contributed by atoms with Gasteiger partial charge in [0.15, 0.2) is 5.58 Å². The summed E-state index contributed by atoms with van der Waals surface area (Å²) in [6.45, 7) is 1.60. The second-order valence-electron chi connectivity index (χ2n) is 4.42. The van der Waals surface area contributed by atoms with Gasteiger partial charge in [-0.25, -0.2) is 9.37 Å². The maximum absolute atomic E-state index is 14.0. The molecule has 3 nitrogen and oxygen atoms in total. The summed E-state index contributed by atoms with van der Waals surface area (Å²) >= 11 is 1.13. The molecule has 1 heterocycles. The quantitative estimate of drug-likeness (QED) is 0.786. The summed E-state index contributed by atoms with van der Waals surface area (Å²) in [6, 6.07) is 12.0. The Morgan fingerprint density at radius 3 is 2.75 bits per heavy atom. The molecule has 1 atom stereocenters. The Balaban J connectivity index is 1.90. The predicted octanol–water partition coefficient (Wildman–Crippen LogP) is 4.17. The highest BCUT2D eigenvalue weighted by atomic mass is 32.2. The molecule has 0 aliphatic rings. The fraction of sp³-hybridized carbons (Fsp3) is 0.133. The highest BCUT2D eigenvalue weighted by Gasteiger charge is 2.12. The first-order valence-electron chi connectivity index (χ1n) is 6.14. The molecule has 0 saturated carbocycles. The normalized spacial score (nSPS) is 12.8. The molecule has 102 valence electrons. The average Bonchev–Trinajstić information content (AvgIpc) is 2.83. The van der Waals surface area contributed by atoms with Crippen LogP contribution in [-0.4, -0.2) is 10.1 Å². The van der Waals surface area contributed by atoms with Gasteiger partial charge in [-0.05, 0) is 48.5 Å². The number of hydrogen-bond acceptors (Lipinski definition) is 4. The van der Waals surface area contributed by atoms with Crippen molar-refractivity contribution in [1.29, 1.82) is 0 Å². The van der Waals surface area contributed by atoms with Crippen LogP contribution in [0.1, 0.15) is 18.6 Å². The number of nitrogens with zero attached hydrogens (tertiary/aromatic N) is 1. The zero-order chi connectivity index (χ0) is 14.1. The SMILES string of the molecule is CC(O)c1ccc(Sc2nc3ccccc3o2)c(F)c1. The molecule has 0 fully saturated rings. The van der Waals surface area contributed by atoms with Crippen LogP contribution in [0.5, 0.6) is 0 Å². The molecule has 0 aliphatic carbocycles. The van der Waals surface area contributed by atoms with Crippen molar-refractivity contribution in [3.8, 4) is 0 Å². The highest BCUT2D eigenvalue weighted by molar-refractivity contribution is 7.99. The number of para-hydroxylation sites is 2. The first kappa shape index (κ1) is 13.1. The Morgan fingerprint density at radius 1 is 1.25 bits per heavy atom. The summed E-state index contributed by atoms with van der Waals surface area (Å²) in [5.74, 6) is -0.393. The summed E-state index contributed by atoms with van der Waals surface area (Å²) in [6.07, 6.45) is -0.687. The largest absolute Gasteiger partial charge is 0.431 e. The molecular formula is C15H12FNO2S. The number of oxazole rings is 1. The van der Waals surface area contributed by atoms with Gasteiger partial charge in [0.05, 0.1) is 11.0 Å². The molecule has 0 aliphatic heterocycles. The van der Waals surface area contributed by atoms with E-state index in [4.69, 9.17) is 4.42 Å². The molecule has 2 aromatic carbocycles. The van der Waals surface area contributed by atoms with Crippen molar-refractivity contribution in [2.75, 3.05) is 0 Å². The topological polar surface area (TPSA) is 46.3 Å². The number of aliphatic hydroxyl groups excluding tert-OH is 1. The zero-order valence-electron chi connectivity index (χ0n) is 10.7.